The number of likely N-dealkylation sites (tertiary alicyclic amines) is 1. The zero-order valence-corrected chi connectivity index (χ0v) is 23.5. The lowest BCUT2D eigenvalue weighted by Gasteiger charge is -2.36. The minimum atomic E-state index is -1.62. The molecule has 1 heterocycles. The first-order chi connectivity index (χ1) is 16.2. The molecule has 0 aromatic heterocycles. The van der Waals surface area contributed by atoms with Gasteiger partial charge in [0.15, 0.2) is 8.32 Å². The fourth-order valence-electron chi connectivity index (χ4n) is 4.49. The summed E-state index contributed by atoms with van der Waals surface area (Å²) in [5.74, 6) is 0. The maximum atomic E-state index is 13.0. The van der Waals surface area contributed by atoms with Crippen LogP contribution in [-0.2, 0) is 15.8 Å². The third kappa shape index (κ3) is 9.22. The Balaban J connectivity index is 1.72. The highest BCUT2D eigenvalue weighted by Gasteiger charge is 2.37. The molecule has 1 aromatic rings. The Labute approximate surface area is 210 Å². The van der Waals surface area contributed by atoms with Gasteiger partial charge in [-0.25, -0.2) is 4.79 Å². The Morgan fingerprint density at radius 3 is 2.29 bits per heavy atom. The number of hydrogen-bond acceptors (Lipinski definition) is 3. The third-order valence-electron chi connectivity index (χ3n) is 7.69. The Kier molecular flexibility index (Phi) is 11.9. The van der Waals surface area contributed by atoms with Crippen molar-refractivity contribution in [1.29, 1.82) is 0 Å². The molecule has 4 nitrogen and oxygen atoms in total. The van der Waals surface area contributed by atoms with E-state index in [0.29, 0.717) is 12.6 Å². The van der Waals surface area contributed by atoms with Crippen molar-refractivity contribution in [2.45, 2.75) is 122 Å². The second kappa shape index (κ2) is 14.1. The summed E-state index contributed by atoms with van der Waals surface area (Å²) in [5.41, 5.74) is 1.03. The lowest BCUT2D eigenvalue weighted by molar-refractivity contribution is 0.0749. The zero-order valence-electron chi connectivity index (χ0n) is 22.5. The van der Waals surface area contributed by atoms with Crippen LogP contribution >= 0.6 is 0 Å². The van der Waals surface area contributed by atoms with Crippen molar-refractivity contribution in [3.05, 3.63) is 48.6 Å². The highest BCUT2D eigenvalue weighted by molar-refractivity contribution is 6.74. The van der Waals surface area contributed by atoms with Crippen molar-refractivity contribution in [1.82, 2.24) is 4.90 Å². The highest BCUT2D eigenvalue weighted by Crippen LogP contribution is 2.36. The Morgan fingerprint density at radius 1 is 1.03 bits per heavy atom. The molecule has 1 aliphatic heterocycles. The fourth-order valence-corrected chi connectivity index (χ4v) is 5.57. The molecule has 1 fully saturated rings. The van der Waals surface area contributed by atoms with Gasteiger partial charge in [0.05, 0.1) is 0 Å². The second-order valence-corrected chi connectivity index (χ2v) is 16.2. The summed E-state index contributed by atoms with van der Waals surface area (Å²) < 4.78 is 12.0. The van der Waals surface area contributed by atoms with E-state index in [9.17, 15) is 4.79 Å². The predicted octanol–water partition coefficient (Wildman–Crippen LogP) is 8.48. The van der Waals surface area contributed by atoms with E-state index in [0.717, 1.165) is 50.7 Å². The lowest BCUT2D eigenvalue weighted by atomic mass is 10.0. The number of ether oxygens (including phenoxy) is 1. The van der Waals surface area contributed by atoms with Gasteiger partial charge in [-0.15, -0.1) is 6.58 Å². The van der Waals surface area contributed by atoms with Crippen LogP contribution in [0.25, 0.3) is 0 Å². The van der Waals surface area contributed by atoms with Crippen molar-refractivity contribution < 1.29 is 14.0 Å². The third-order valence-corrected chi connectivity index (χ3v) is 12.2. The standard InChI is InChI=1S/C29H49NO3Si/c1-7-8-19-26-21-22-27(30(26)28(31)32-24-25-17-13-12-14-18-25)20-15-10-9-11-16-23-33-34(5,6)29(2,3)4/h7,12-14,17-18,26-27H,1,8-11,15-16,19-24H2,2-6H3/t26-,27-/m1/s1. The Hall–Kier alpha value is -1.59. The maximum absolute atomic E-state index is 13.0. The van der Waals surface area contributed by atoms with Crippen molar-refractivity contribution >= 4 is 14.4 Å². The molecule has 192 valence electrons. The van der Waals surface area contributed by atoms with Crippen molar-refractivity contribution in [3.63, 3.8) is 0 Å². The van der Waals surface area contributed by atoms with Gasteiger partial charge in [0, 0.05) is 18.7 Å². The van der Waals surface area contributed by atoms with Crippen LogP contribution in [0.3, 0.4) is 0 Å². The van der Waals surface area contributed by atoms with Gasteiger partial charge >= 0.3 is 6.09 Å². The van der Waals surface area contributed by atoms with E-state index in [-0.39, 0.29) is 17.2 Å². The summed E-state index contributed by atoms with van der Waals surface area (Å²) >= 11 is 0. The van der Waals surface area contributed by atoms with Crippen molar-refractivity contribution in [2.24, 2.45) is 0 Å². The van der Waals surface area contributed by atoms with E-state index in [4.69, 9.17) is 9.16 Å². The van der Waals surface area contributed by atoms with Crippen LogP contribution in [0.5, 0.6) is 0 Å². The van der Waals surface area contributed by atoms with E-state index in [1.54, 1.807) is 0 Å². The molecule has 1 aromatic carbocycles. The number of allylic oxidation sites excluding steroid dienone is 1. The average molecular weight is 488 g/mol. The first kappa shape index (κ1) is 28.6. The van der Waals surface area contributed by atoms with Gasteiger partial charge in [-0.1, -0.05) is 82.9 Å². The summed E-state index contributed by atoms with van der Waals surface area (Å²) in [6.07, 6.45) is 13.0. The van der Waals surface area contributed by atoms with Crippen LogP contribution in [0.15, 0.2) is 43.0 Å². The monoisotopic (exact) mass is 487 g/mol. The summed E-state index contributed by atoms with van der Waals surface area (Å²) in [6, 6.07) is 10.5. The van der Waals surface area contributed by atoms with E-state index < -0.39 is 8.32 Å². The molecule has 5 heteroatoms. The summed E-state index contributed by atoms with van der Waals surface area (Å²) in [7, 11) is -1.62. The number of carbonyl (C=O) groups excluding carboxylic acids is 1. The number of benzene rings is 1. The molecular formula is C29H49NO3Si. The molecular weight excluding hydrogens is 438 g/mol. The number of nitrogens with zero attached hydrogens (tertiary/aromatic N) is 1. The summed E-state index contributed by atoms with van der Waals surface area (Å²) in [6.45, 7) is 16.6. The van der Waals surface area contributed by atoms with Crippen LogP contribution in [0, 0.1) is 0 Å². The molecule has 0 spiro atoms. The summed E-state index contributed by atoms with van der Waals surface area (Å²) in [4.78, 5) is 15.1. The van der Waals surface area contributed by atoms with Gasteiger partial charge in [-0.05, 0) is 62.2 Å². The van der Waals surface area contributed by atoms with Crippen LogP contribution in [-0.4, -0.2) is 38.0 Å². The van der Waals surface area contributed by atoms with Gasteiger partial charge in [0.25, 0.3) is 0 Å². The van der Waals surface area contributed by atoms with Gasteiger partial charge in [0.1, 0.15) is 6.61 Å². The van der Waals surface area contributed by atoms with Crippen molar-refractivity contribution in [2.75, 3.05) is 6.61 Å². The minimum Gasteiger partial charge on any atom is -0.445 e. The normalized spacial score (nSPS) is 18.8. The maximum Gasteiger partial charge on any atom is 0.410 e. The van der Waals surface area contributed by atoms with Crippen LogP contribution < -0.4 is 0 Å². The molecule has 1 saturated heterocycles. The first-order valence-corrected chi connectivity index (χ1v) is 16.3. The van der Waals surface area contributed by atoms with Crippen molar-refractivity contribution in [3.8, 4) is 0 Å². The molecule has 1 amide bonds. The van der Waals surface area contributed by atoms with E-state index in [1.165, 1.54) is 25.7 Å². The predicted molar refractivity (Wildman–Crippen MR) is 146 cm³/mol. The number of amides is 1. The van der Waals surface area contributed by atoms with Gasteiger partial charge < -0.3 is 14.1 Å². The molecule has 2 rings (SSSR count). The van der Waals surface area contributed by atoms with Gasteiger partial charge in [-0.3, -0.25) is 0 Å². The van der Waals surface area contributed by atoms with Crippen LogP contribution in [0.4, 0.5) is 4.79 Å². The average Bonchev–Trinajstić information content (AvgIpc) is 3.20. The smallest absolute Gasteiger partial charge is 0.410 e. The quantitative estimate of drug-likeness (QED) is 0.150. The molecule has 0 bridgehead atoms. The molecule has 1 aliphatic rings. The Bertz CT molecular complexity index is 729. The largest absolute Gasteiger partial charge is 0.445 e. The zero-order chi connectivity index (χ0) is 25.0. The molecule has 0 aliphatic carbocycles. The number of rotatable bonds is 14. The SMILES string of the molecule is C=CCC[C@@H]1CC[C@@H](CCCCCCCO[Si](C)(C)C(C)(C)C)N1C(=O)OCc1ccccc1. The second-order valence-electron chi connectivity index (χ2n) is 11.4. The number of carbonyl (C=O) groups is 1. The molecule has 0 N–H and O–H groups in total. The van der Waals surface area contributed by atoms with E-state index >= 15 is 0 Å². The number of hydrogen-bond donors (Lipinski definition) is 0. The van der Waals surface area contributed by atoms with E-state index in [2.05, 4.69) is 45.3 Å². The first-order valence-electron chi connectivity index (χ1n) is 13.4. The number of unbranched alkanes of at least 4 members (excludes halogenated alkanes) is 4. The topological polar surface area (TPSA) is 38.8 Å². The van der Waals surface area contributed by atoms with Crippen LogP contribution in [0.2, 0.25) is 18.1 Å². The van der Waals surface area contributed by atoms with Gasteiger partial charge in [0.2, 0.25) is 0 Å². The molecule has 2 atom stereocenters. The van der Waals surface area contributed by atoms with E-state index in [1.807, 2.05) is 36.4 Å². The molecule has 0 saturated carbocycles. The molecule has 0 unspecified atom stereocenters. The molecule has 0 radical (unpaired) electrons. The van der Waals surface area contributed by atoms with Crippen LogP contribution in [0.1, 0.15) is 90.5 Å². The lowest BCUT2D eigenvalue weighted by Crippen LogP contribution is -2.41. The highest BCUT2D eigenvalue weighted by atomic mass is 28.4. The minimum absolute atomic E-state index is 0.150. The summed E-state index contributed by atoms with van der Waals surface area (Å²) in [5, 5.41) is 0.284. The van der Waals surface area contributed by atoms with Gasteiger partial charge in [-0.2, -0.15) is 0 Å². The molecule has 34 heavy (non-hydrogen) atoms. The fraction of sp³-hybridized carbons (Fsp3) is 0.690. The Morgan fingerprint density at radius 2 is 1.65 bits per heavy atom.